The summed E-state index contributed by atoms with van der Waals surface area (Å²) in [6.45, 7) is 11.7. The minimum Gasteiger partial charge on any atom is -0.379 e. The Morgan fingerprint density at radius 1 is 1.29 bits per heavy atom. The van der Waals surface area contributed by atoms with E-state index in [4.69, 9.17) is 4.74 Å². The molecule has 5 nitrogen and oxygen atoms in total. The van der Waals surface area contributed by atoms with Crippen molar-refractivity contribution in [2.75, 3.05) is 59.0 Å². The molecule has 1 aliphatic rings. The summed E-state index contributed by atoms with van der Waals surface area (Å²) < 4.78 is 5.27. The fraction of sp³-hybridized carbons (Fsp3) is 0.917. The molecule has 1 saturated heterocycles. The summed E-state index contributed by atoms with van der Waals surface area (Å²) in [5, 5.41) is 2.97. The highest BCUT2D eigenvalue weighted by Gasteiger charge is 2.11. The van der Waals surface area contributed by atoms with Crippen LogP contribution in [-0.2, 0) is 9.53 Å². The van der Waals surface area contributed by atoms with E-state index in [2.05, 4.69) is 29.0 Å². The van der Waals surface area contributed by atoms with Crippen LogP contribution < -0.4 is 5.32 Å². The van der Waals surface area contributed by atoms with Crippen molar-refractivity contribution in [3.05, 3.63) is 0 Å². The summed E-state index contributed by atoms with van der Waals surface area (Å²) in [6.07, 6.45) is 0. The number of carbonyl (C=O) groups excluding carboxylic acids is 1. The van der Waals surface area contributed by atoms with Crippen LogP contribution in [-0.4, -0.2) is 74.7 Å². The van der Waals surface area contributed by atoms with Gasteiger partial charge in [-0.15, -0.1) is 0 Å². The van der Waals surface area contributed by atoms with Crippen LogP contribution >= 0.6 is 0 Å². The topological polar surface area (TPSA) is 44.8 Å². The van der Waals surface area contributed by atoms with Gasteiger partial charge < -0.3 is 10.1 Å². The van der Waals surface area contributed by atoms with Crippen molar-refractivity contribution in [2.24, 2.45) is 0 Å². The molecular weight excluding hydrogens is 218 g/mol. The first-order chi connectivity index (χ1) is 8.26. The molecule has 100 valence electrons. The van der Waals surface area contributed by atoms with Crippen molar-refractivity contribution in [3.8, 4) is 0 Å². The quantitative estimate of drug-likeness (QED) is 0.671. The lowest BCUT2D eigenvalue weighted by Crippen LogP contribution is -2.43. The maximum Gasteiger partial charge on any atom is 0.234 e. The lowest BCUT2D eigenvalue weighted by Gasteiger charge is -2.26. The van der Waals surface area contributed by atoms with E-state index in [-0.39, 0.29) is 5.91 Å². The van der Waals surface area contributed by atoms with Crippen molar-refractivity contribution in [3.63, 3.8) is 0 Å². The molecule has 0 atom stereocenters. The normalized spacial score (nSPS) is 17.4. The van der Waals surface area contributed by atoms with Gasteiger partial charge in [-0.3, -0.25) is 14.6 Å². The van der Waals surface area contributed by atoms with Crippen LogP contribution in [0.5, 0.6) is 0 Å². The Morgan fingerprint density at radius 2 is 1.94 bits per heavy atom. The Bertz CT molecular complexity index is 214. The molecule has 0 aliphatic carbocycles. The number of likely N-dealkylation sites (N-methyl/N-ethyl adjacent to an activating group) is 1. The highest BCUT2D eigenvalue weighted by molar-refractivity contribution is 5.77. The lowest BCUT2D eigenvalue weighted by atomic mass is 10.4. The molecule has 1 aliphatic heterocycles. The summed E-state index contributed by atoms with van der Waals surface area (Å²) in [6, 6.07) is 0. The van der Waals surface area contributed by atoms with Crippen molar-refractivity contribution in [1.82, 2.24) is 15.1 Å². The molecule has 1 N–H and O–H groups in total. The zero-order valence-corrected chi connectivity index (χ0v) is 11.1. The third-order valence-electron chi connectivity index (χ3n) is 3.12. The summed E-state index contributed by atoms with van der Waals surface area (Å²) >= 11 is 0. The highest BCUT2D eigenvalue weighted by Crippen LogP contribution is 1.94. The molecule has 0 unspecified atom stereocenters. The van der Waals surface area contributed by atoms with Gasteiger partial charge >= 0.3 is 0 Å². The van der Waals surface area contributed by atoms with Crippen molar-refractivity contribution in [1.29, 1.82) is 0 Å². The van der Waals surface area contributed by atoms with Gasteiger partial charge in [-0.1, -0.05) is 13.8 Å². The first-order valence-corrected chi connectivity index (χ1v) is 6.55. The molecule has 0 spiro atoms. The molecular formula is C12H25N3O2. The Balaban J connectivity index is 2.06. The van der Waals surface area contributed by atoms with E-state index >= 15 is 0 Å². The van der Waals surface area contributed by atoms with E-state index in [0.29, 0.717) is 6.54 Å². The number of carbonyl (C=O) groups is 1. The average molecular weight is 243 g/mol. The molecule has 0 aromatic rings. The van der Waals surface area contributed by atoms with Gasteiger partial charge in [-0.2, -0.15) is 0 Å². The lowest BCUT2D eigenvalue weighted by molar-refractivity contribution is -0.122. The number of hydrogen-bond donors (Lipinski definition) is 1. The van der Waals surface area contributed by atoms with E-state index < -0.39 is 0 Å². The third-order valence-corrected chi connectivity index (χ3v) is 3.12. The maximum atomic E-state index is 11.6. The molecule has 5 heteroatoms. The molecule has 1 fully saturated rings. The van der Waals surface area contributed by atoms with Gasteiger partial charge in [0.2, 0.25) is 5.91 Å². The zero-order valence-electron chi connectivity index (χ0n) is 11.1. The molecule has 0 radical (unpaired) electrons. The van der Waals surface area contributed by atoms with Crippen LogP contribution in [0.15, 0.2) is 0 Å². The van der Waals surface area contributed by atoms with Gasteiger partial charge in [0.25, 0.3) is 0 Å². The fourth-order valence-electron chi connectivity index (χ4n) is 1.88. The van der Waals surface area contributed by atoms with Gasteiger partial charge in [0.1, 0.15) is 0 Å². The van der Waals surface area contributed by atoms with Crippen LogP contribution in [0.1, 0.15) is 13.8 Å². The van der Waals surface area contributed by atoms with Crippen LogP contribution in [0.2, 0.25) is 0 Å². The molecule has 0 aromatic heterocycles. The summed E-state index contributed by atoms with van der Waals surface area (Å²) in [5.41, 5.74) is 0. The van der Waals surface area contributed by atoms with Crippen molar-refractivity contribution >= 4 is 5.91 Å². The maximum absolute atomic E-state index is 11.6. The van der Waals surface area contributed by atoms with Crippen LogP contribution in [0.4, 0.5) is 0 Å². The zero-order chi connectivity index (χ0) is 12.5. The monoisotopic (exact) mass is 243 g/mol. The van der Waals surface area contributed by atoms with Crippen molar-refractivity contribution < 1.29 is 9.53 Å². The minimum atomic E-state index is 0.127. The predicted molar refractivity (Wildman–Crippen MR) is 68.1 cm³/mol. The largest absolute Gasteiger partial charge is 0.379 e. The third kappa shape index (κ3) is 6.00. The average Bonchev–Trinajstić information content (AvgIpc) is 2.37. The SMILES string of the molecule is CCN(CC)CC(=O)NCCN1CCOCC1. The van der Waals surface area contributed by atoms with E-state index in [1.165, 1.54) is 0 Å². The van der Waals surface area contributed by atoms with E-state index in [9.17, 15) is 4.79 Å². The number of ether oxygens (including phenoxy) is 1. The Labute approximate surface area is 104 Å². The standard InChI is InChI=1S/C12H25N3O2/c1-3-14(4-2)11-12(16)13-5-6-15-7-9-17-10-8-15/h3-11H2,1-2H3,(H,13,16). The number of morpholine rings is 1. The van der Waals surface area contributed by atoms with Crippen LogP contribution in [0.3, 0.4) is 0 Å². The summed E-state index contributed by atoms with van der Waals surface area (Å²) in [4.78, 5) is 16.1. The van der Waals surface area contributed by atoms with Gasteiger partial charge in [0.05, 0.1) is 19.8 Å². The second-order valence-corrected chi connectivity index (χ2v) is 4.27. The van der Waals surface area contributed by atoms with Crippen LogP contribution in [0.25, 0.3) is 0 Å². The number of rotatable bonds is 7. The molecule has 1 amide bonds. The predicted octanol–water partition coefficient (Wildman–Crippen LogP) is -0.223. The highest BCUT2D eigenvalue weighted by atomic mass is 16.5. The van der Waals surface area contributed by atoms with E-state index in [0.717, 1.165) is 52.5 Å². The first-order valence-electron chi connectivity index (χ1n) is 6.55. The second-order valence-electron chi connectivity index (χ2n) is 4.27. The number of hydrogen-bond acceptors (Lipinski definition) is 4. The van der Waals surface area contributed by atoms with Gasteiger partial charge in [-0.05, 0) is 13.1 Å². The van der Waals surface area contributed by atoms with Crippen molar-refractivity contribution in [2.45, 2.75) is 13.8 Å². The molecule has 0 bridgehead atoms. The van der Waals surface area contributed by atoms with Gasteiger partial charge in [-0.25, -0.2) is 0 Å². The Hall–Kier alpha value is -0.650. The molecule has 0 saturated carbocycles. The number of nitrogens with zero attached hydrogens (tertiary/aromatic N) is 2. The van der Waals surface area contributed by atoms with Gasteiger partial charge in [0, 0.05) is 26.2 Å². The Kier molecular flexibility index (Phi) is 7.16. The fourth-order valence-corrected chi connectivity index (χ4v) is 1.88. The van der Waals surface area contributed by atoms with E-state index in [1.807, 2.05) is 0 Å². The molecule has 0 aromatic carbocycles. The van der Waals surface area contributed by atoms with Crippen LogP contribution in [0, 0.1) is 0 Å². The smallest absolute Gasteiger partial charge is 0.234 e. The summed E-state index contributed by atoms with van der Waals surface area (Å²) in [7, 11) is 0. The van der Waals surface area contributed by atoms with E-state index in [1.54, 1.807) is 0 Å². The van der Waals surface area contributed by atoms with Gasteiger partial charge in [0.15, 0.2) is 0 Å². The number of nitrogens with one attached hydrogen (secondary N) is 1. The minimum absolute atomic E-state index is 0.127. The molecule has 17 heavy (non-hydrogen) atoms. The molecule has 1 rings (SSSR count). The molecule has 1 heterocycles. The number of amides is 1. The first kappa shape index (κ1) is 14.4. The second kappa shape index (κ2) is 8.44. The Morgan fingerprint density at radius 3 is 2.53 bits per heavy atom. The summed E-state index contributed by atoms with van der Waals surface area (Å²) in [5.74, 6) is 0.127.